The number of thiophene rings is 1. The molecular formula is C19H24N2O3S. The highest BCUT2D eigenvalue weighted by molar-refractivity contribution is 7.19. The lowest BCUT2D eigenvalue weighted by Gasteiger charge is -2.18. The topological polar surface area (TPSA) is 43.8 Å². The number of hydrogen-bond donors (Lipinski definition) is 0. The average molecular weight is 360 g/mol. The lowest BCUT2D eigenvalue weighted by atomic mass is 10.1. The van der Waals surface area contributed by atoms with Gasteiger partial charge in [-0.25, -0.2) is 0 Å². The Morgan fingerprint density at radius 2 is 1.88 bits per heavy atom. The number of fused-ring (bicyclic) bond motifs is 2. The van der Waals surface area contributed by atoms with E-state index in [1.54, 1.807) is 38.9 Å². The number of nitrogens with zero attached hydrogens (tertiary/aromatic N) is 2. The molecule has 2 heterocycles. The van der Waals surface area contributed by atoms with E-state index in [2.05, 4.69) is 22.9 Å². The molecule has 0 unspecified atom stereocenters. The normalized spacial score (nSPS) is 11.6. The van der Waals surface area contributed by atoms with E-state index in [4.69, 9.17) is 14.2 Å². The van der Waals surface area contributed by atoms with Gasteiger partial charge in [-0.1, -0.05) is 6.92 Å². The highest BCUT2D eigenvalue weighted by Crippen LogP contribution is 2.46. The van der Waals surface area contributed by atoms with Crippen molar-refractivity contribution in [1.82, 2.24) is 9.88 Å². The molecule has 0 atom stereocenters. The fraction of sp³-hybridized carbons (Fsp3) is 0.421. The molecule has 0 aliphatic heterocycles. The lowest BCUT2D eigenvalue weighted by molar-refractivity contribution is 0.148. The van der Waals surface area contributed by atoms with Crippen LogP contribution >= 0.6 is 11.3 Å². The summed E-state index contributed by atoms with van der Waals surface area (Å²) in [4.78, 5) is 7.91. The third-order valence-electron chi connectivity index (χ3n) is 4.39. The first kappa shape index (κ1) is 17.9. The minimum atomic E-state index is 0.737. The number of pyridine rings is 1. The highest BCUT2D eigenvalue weighted by atomic mass is 32.1. The molecule has 0 amide bonds. The van der Waals surface area contributed by atoms with Gasteiger partial charge in [0.2, 0.25) is 0 Å². The number of aromatic nitrogens is 1. The van der Waals surface area contributed by atoms with Gasteiger partial charge in [0.25, 0.3) is 0 Å². The molecule has 0 radical (unpaired) electrons. The van der Waals surface area contributed by atoms with Crippen LogP contribution in [0.15, 0.2) is 24.5 Å². The molecule has 5 nitrogen and oxygen atoms in total. The van der Waals surface area contributed by atoms with Crippen molar-refractivity contribution in [3.05, 3.63) is 29.4 Å². The van der Waals surface area contributed by atoms with Crippen LogP contribution in [-0.2, 0) is 11.3 Å². The minimum Gasteiger partial charge on any atom is -0.495 e. The Balaban J connectivity index is 2.11. The zero-order valence-electron chi connectivity index (χ0n) is 15.2. The van der Waals surface area contributed by atoms with E-state index in [0.717, 1.165) is 58.6 Å². The van der Waals surface area contributed by atoms with Crippen LogP contribution in [-0.4, -0.2) is 50.9 Å². The van der Waals surface area contributed by atoms with Gasteiger partial charge < -0.3 is 14.2 Å². The fourth-order valence-electron chi connectivity index (χ4n) is 3.11. The van der Waals surface area contributed by atoms with Crippen LogP contribution in [0.25, 0.3) is 20.9 Å². The van der Waals surface area contributed by atoms with Crippen molar-refractivity contribution in [1.29, 1.82) is 0 Å². The van der Waals surface area contributed by atoms with E-state index in [-0.39, 0.29) is 0 Å². The summed E-state index contributed by atoms with van der Waals surface area (Å²) in [6.45, 7) is 5.70. The van der Waals surface area contributed by atoms with Gasteiger partial charge in [0.15, 0.2) is 0 Å². The van der Waals surface area contributed by atoms with Crippen molar-refractivity contribution in [2.75, 3.05) is 41.0 Å². The Bertz CT molecular complexity index is 802. The monoisotopic (exact) mass is 360 g/mol. The number of rotatable bonds is 8. The summed E-state index contributed by atoms with van der Waals surface area (Å²) in [6, 6.07) is 4.19. The van der Waals surface area contributed by atoms with E-state index >= 15 is 0 Å². The summed E-state index contributed by atoms with van der Waals surface area (Å²) in [5, 5.41) is 3.09. The van der Waals surface area contributed by atoms with Crippen LogP contribution < -0.4 is 9.47 Å². The van der Waals surface area contributed by atoms with Crippen LogP contribution in [0.2, 0.25) is 0 Å². The SMILES string of the molecule is CCN(CCOC)Cc1cc2c(OC)c3cnccc3c(OC)c2s1. The molecule has 0 fully saturated rings. The predicted molar refractivity (Wildman–Crippen MR) is 103 cm³/mol. The van der Waals surface area contributed by atoms with Gasteiger partial charge in [-0.2, -0.15) is 0 Å². The molecule has 0 spiro atoms. The number of hydrogen-bond acceptors (Lipinski definition) is 6. The summed E-state index contributed by atoms with van der Waals surface area (Å²) in [5.41, 5.74) is 0. The Labute approximate surface area is 152 Å². The lowest BCUT2D eigenvalue weighted by Crippen LogP contribution is -2.26. The van der Waals surface area contributed by atoms with Crippen molar-refractivity contribution in [2.24, 2.45) is 0 Å². The predicted octanol–water partition coefficient (Wildman–Crippen LogP) is 3.94. The molecule has 3 rings (SSSR count). The third kappa shape index (κ3) is 3.42. The van der Waals surface area contributed by atoms with Crippen molar-refractivity contribution < 1.29 is 14.2 Å². The van der Waals surface area contributed by atoms with E-state index in [0.29, 0.717) is 0 Å². The van der Waals surface area contributed by atoms with Crippen LogP contribution in [0.1, 0.15) is 11.8 Å². The van der Waals surface area contributed by atoms with E-state index in [1.807, 2.05) is 12.3 Å². The third-order valence-corrected chi connectivity index (χ3v) is 5.51. The number of benzene rings is 1. The first-order valence-electron chi connectivity index (χ1n) is 8.34. The van der Waals surface area contributed by atoms with Gasteiger partial charge in [-0.15, -0.1) is 11.3 Å². The fourth-order valence-corrected chi connectivity index (χ4v) is 4.34. The van der Waals surface area contributed by atoms with Crippen molar-refractivity contribution in [3.8, 4) is 11.5 Å². The summed E-state index contributed by atoms with van der Waals surface area (Å²) in [6.07, 6.45) is 3.62. The maximum absolute atomic E-state index is 5.74. The van der Waals surface area contributed by atoms with Gasteiger partial charge in [0, 0.05) is 53.6 Å². The van der Waals surface area contributed by atoms with Crippen LogP contribution in [0.5, 0.6) is 11.5 Å². The van der Waals surface area contributed by atoms with Gasteiger partial charge in [0.05, 0.1) is 25.5 Å². The molecule has 6 heteroatoms. The largest absolute Gasteiger partial charge is 0.495 e. The van der Waals surface area contributed by atoms with Crippen LogP contribution in [0, 0.1) is 0 Å². The first-order valence-corrected chi connectivity index (χ1v) is 9.16. The molecule has 0 aliphatic carbocycles. The molecule has 1 aromatic carbocycles. The standard InChI is InChI=1S/C19H24N2O3S/c1-5-21(8-9-22-2)12-13-10-15-17(23-3)16-11-20-7-6-14(16)18(24-4)19(15)25-13/h6-7,10-11H,5,8-9,12H2,1-4H3. The molecule has 2 aromatic heterocycles. The maximum Gasteiger partial charge on any atom is 0.144 e. The van der Waals surface area contributed by atoms with Gasteiger partial charge in [-0.05, 0) is 18.7 Å². The molecule has 0 bridgehead atoms. The molecule has 3 aromatic rings. The molecule has 0 N–H and O–H groups in total. The molecule has 0 aliphatic rings. The summed E-state index contributed by atoms with van der Waals surface area (Å²) >= 11 is 1.76. The Morgan fingerprint density at radius 1 is 1.08 bits per heavy atom. The average Bonchev–Trinajstić information content (AvgIpc) is 3.05. The van der Waals surface area contributed by atoms with Crippen LogP contribution in [0.3, 0.4) is 0 Å². The number of methoxy groups -OCH3 is 3. The number of ether oxygens (including phenoxy) is 3. The molecule has 0 saturated carbocycles. The molecule has 134 valence electrons. The second kappa shape index (κ2) is 7.99. The van der Waals surface area contributed by atoms with Crippen molar-refractivity contribution in [3.63, 3.8) is 0 Å². The maximum atomic E-state index is 5.74. The van der Waals surface area contributed by atoms with Crippen molar-refractivity contribution in [2.45, 2.75) is 13.5 Å². The van der Waals surface area contributed by atoms with Gasteiger partial charge in [-0.3, -0.25) is 9.88 Å². The van der Waals surface area contributed by atoms with Crippen LogP contribution in [0.4, 0.5) is 0 Å². The first-order chi connectivity index (χ1) is 12.2. The Morgan fingerprint density at radius 3 is 2.56 bits per heavy atom. The molecular weight excluding hydrogens is 336 g/mol. The second-order valence-electron chi connectivity index (χ2n) is 5.80. The van der Waals surface area contributed by atoms with E-state index in [1.165, 1.54) is 4.88 Å². The van der Waals surface area contributed by atoms with Crippen molar-refractivity contribution >= 4 is 32.2 Å². The minimum absolute atomic E-state index is 0.737. The summed E-state index contributed by atoms with van der Waals surface area (Å²) in [7, 11) is 5.17. The van der Waals surface area contributed by atoms with Gasteiger partial charge in [0.1, 0.15) is 11.5 Å². The number of likely N-dealkylation sites (N-methyl/N-ethyl adjacent to an activating group) is 1. The molecule has 25 heavy (non-hydrogen) atoms. The summed E-state index contributed by atoms with van der Waals surface area (Å²) in [5.74, 6) is 1.76. The summed E-state index contributed by atoms with van der Waals surface area (Å²) < 4.78 is 17.8. The van der Waals surface area contributed by atoms with Gasteiger partial charge >= 0.3 is 0 Å². The smallest absolute Gasteiger partial charge is 0.144 e. The highest BCUT2D eigenvalue weighted by Gasteiger charge is 2.19. The Hall–Kier alpha value is -1.89. The van der Waals surface area contributed by atoms with E-state index < -0.39 is 0 Å². The quantitative estimate of drug-likeness (QED) is 0.609. The molecule has 0 saturated heterocycles. The second-order valence-corrected chi connectivity index (χ2v) is 6.94. The Kier molecular flexibility index (Phi) is 5.73. The zero-order chi connectivity index (χ0) is 17.8. The van der Waals surface area contributed by atoms with E-state index in [9.17, 15) is 0 Å². The zero-order valence-corrected chi connectivity index (χ0v) is 16.0.